The fraction of sp³-hybridized carbons (Fsp3) is 0.167. The van der Waals surface area contributed by atoms with E-state index < -0.39 is 0 Å². The molecule has 3 aromatic rings. The van der Waals surface area contributed by atoms with Crippen molar-refractivity contribution in [1.29, 1.82) is 0 Å². The van der Waals surface area contributed by atoms with Gasteiger partial charge in [-0.3, -0.25) is 4.79 Å². The molecule has 0 fully saturated rings. The van der Waals surface area contributed by atoms with Crippen LogP contribution in [-0.4, -0.2) is 15.3 Å². The molecule has 0 bridgehead atoms. The van der Waals surface area contributed by atoms with Gasteiger partial charge in [0.2, 0.25) is 0 Å². The fourth-order valence-electron chi connectivity index (χ4n) is 2.52. The van der Waals surface area contributed by atoms with Crippen LogP contribution in [0.3, 0.4) is 0 Å². The molecular weight excluding hydrogens is 296 g/mol. The van der Waals surface area contributed by atoms with Crippen LogP contribution in [0.4, 0.5) is 0 Å². The molecule has 0 aliphatic rings. The van der Waals surface area contributed by atoms with E-state index in [2.05, 4.69) is 0 Å². The molecule has 3 N–H and O–H groups in total. The van der Waals surface area contributed by atoms with Gasteiger partial charge in [-0.1, -0.05) is 24.3 Å². The number of benzene rings is 2. The third-order valence-corrected chi connectivity index (χ3v) is 3.74. The van der Waals surface area contributed by atoms with E-state index in [0.717, 1.165) is 5.56 Å². The normalized spacial score (nSPS) is 11.1. The Morgan fingerprint density at radius 2 is 1.52 bits per heavy atom. The minimum atomic E-state index is -0.291. The molecule has 118 valence electrons. The smallest absolute Gasteiger partial charge is 0.193 e. The van der Waals surface area contributed by atoms with Gasteiger partial charge in [0.1, 0.15) is 11.3 Å². The van der Waals surface area contributed by atoms with Gasteiger partial charge in [0.05, 0.1) is 25.2 Å². The highest BCUT2D eigenvalue weighted by Gasteiger charge is 2.12. The molecule has 0 saturated carbocycles. The first-order valence-corrected chi connectivity index (χ1v) is 7.18. The van der Waals surface area contributed by atoms with Crippen molar-refractivity contribution in [3.05, 3.63) is 69.4 Å². The highest BCUT2D eigenvalue weighted by molar-refractivity contribution is 5.82. The van der Waals surface area contributed by atoms with Crippen LogP contribution < -0.4 is 5.43 Å². The van der Waals surface area contributed by atoms with Crippen molar-refractivity contribution >= 4 is 11.0 Å². The molecule has 0 radical (unpaired) electrons. The summed E-state index contributed by atoms with van der Waals surface area (Å²) in [6, 6.07) is 11.6. The predicted octanol–water partition coefficient (Wildman–Crippen LogP) is 1.94. The molecule has 0 unspecified atom stereocenters. The first-order valence-electron chi connectivity index (χ1n) is 7.18. The van der Waals surface area contributed by atoms with Crippen LogP contribution in [0.1, 0.15) is 16.7 Å². The average Bonchev–Trinajstić information content (AvgIpc) is 2.61. The van der Waals surface area contributed by atoms with Gasteiger partial charge < -0.3 is 19.7 Å². The van der Waals surface area contributed by atoms with Crippen LogP contribution in [0.25, 0.3) is 22.3 Å². The van der Waals surface area contributed by atoms with E-state index in [-0.39, 0.29) is 25.2 Å². The molecule has 0 aliphatic heterocycles. The summed E-state index contributed by atoms with van der Waals surface area (Å²) in [7, 11) is 0. The standard InChI is InChI=1S/C18H16O5/c19-8-11-1-3-13(4-2-11)17-7-16(22)15-6-12(9-20)5-14(10-21)18(15)23-17/h1-7,19-21H,8-10H2. The quantitative estimate of drug-likeness (QED) is 0.685. The van der Waals surface area contributed by atoms with E-state index in [1.807, 2.05) is 0 Å². The molecule has 5 nitrogen and oxygen atoms in total. The minimum absolute atomic E-state index is 0.0550. The maximum absolute atomic E-state index is 12.4. The van der Waals surface area contributed by atoms with Gasteiger partial charge in [0.15, 0.2) is 5.43 Å². The lowest BCUT2D eigenvalue weighted by Gasteiger charge is -2.08. The zero-order valence-electron chi connectivity index (χ0n) is 12.3. The zero-order valence-corrected chi connectivity index (χ0v) is 12.3. The summed E-state index contributed by atoms with van der Waals surface area (Å²) in [6.45, 7) is -0.562. The lowest BCUT2D eigenvalue weighted by molar-refractivity contribution is 0.275. The first-order chi connectivity index (χ1) is 11.2. The van der Waals surface area contributed by atoms with Gasteiger partial charge in [-0.15, -0.1) is 0 Å². The predicted molar refractivity (Wildman–Crippen MR) is 85.7 cm³/mol. The van der Waals surface area contributed by atoms with Gasteiger partial charge >= 0.3 is 0 Å². The van der Waals surface area contributed by atoms with Gasteiger partial charge in [0.25, 0.3) is 0 Å². The van der Waals surface area contributed by atoms with Crippen LogP contribution in [-0.2, 0) is 19.8 Å². The maximum atomic E-state index is 12.4. The van der Waals surface area contributed by atoms with Crippen molar-refractivity contribution in [2.75, 3.05) is 0 Å². The molecule has 0 aliphatic carbocycles. The molecule has 5 heteroatoms. The van der Waals surface area contributed by atoms with Crippen LogP contribution >= 0.6 is 0 Å². The second-order valence-electron chi connectivity index (χ2n) is 5.28. The Morgan fingerprint density at radius 1 is 0.826 bits per heavy atom. The summed E-state index contributed by atoms with van der Waals surface area (Å²) in [6.07, 6.45) is 0. The van der Waals surface area contributed by atoms with Crippen molar-refractivity contribution in [3.8, 4) is 11.3 Å². The summed E-state index contributed by atoms with van der Waals surface area (Å²) in [5.41, 5.74) is 2.55. The van der Waals surface area contributed by atoms with Crippen molar-refractivity contribution in [1.82, 2.24) is 0 Å². The van der Waals surface area contributed by atoms with Crippen molar-refractivity contribution in [2.45, 2.75) is 19.8 Å². The molecule has 23 heavy (non-hydrogen) atoms. The number of rotatable bonds is 4. The molecule has 0 saturated heterocycles. The van der Waals surface area contributed by atoms with Gasteiger partial charge in [-0.25, -0.2) is 0 Å². The van der Waals surface area contributed by atoms with Crippen molar-refractivity contribution in [3.63, 3.8) is 0 Å². The molecular formula is C18H16O5. The third-order valence-electron chi connectivity index (χ3n) is 3.74. The summed E-state index contributed by atoms with van der Waals surface area (Å²) < 4.78 is 5.82. The highest BCUT2D eigenvalue weighted by atomic mass is 16.3. The van der Waals surface area contributed by atoms with Crippen molar-refractivity contribution < 1.29 is 19.7 Å². The summed E-state index contributed by atoms with van der Waals surface area (Å²) in [5, 5.41) is 28.2. The third kappa shape index (κ3) is 2.90. The summed E-state index contributed by atoms with van der Waals surface area (Å²) >= 11 is 0. The number of aliphatic hydroxyl groups excluding tert-OH is 3. The molecule has 1 heterocycles. The van der Waals surface area contributed by atoms with E-state index in [0.29, 0.717) is 33.4 Å². The topological polar surface area (TPSA) is 90.9 Å². The molecule has 1 aromatic heterocycles. The van der Waals surface area contributed by atoms with Crippen LogP contribution in [0.5, 0.6) is 0 Å². The van der Waals surface area contributed by atoms with E-state index in [4.69, 9.17) is 9.52 Å². The Hall–Kier alpha value is -2.47. The highest BCUT2D eigenvalue weighted by Crippen LogP contribution is 2.26. The zero-order chi connectivity index (χ0) is 16.4. The number of aliphatic hydroxyl groups is 3. The second-order valence-corrected chi connectivity index (χ2v) is 5.28. The second kappa shape index (κ2) is 6.34. The minimum Gasteiger partial charge on any atom is -0.455 e. The number of hydrogen-bond donors (Lipinski definition) is 3. The Bertz CT molecular complexity index is 894. The molecule has 0 amide bonds. The number of hydrogen-bond acceptors (Lipinski definition) is 5. The summed E-state index contributed by atoms with van der Waals surface area (Å²) in [5.74, 6) is 0.387. The van der Waals surface area contributed by atoms with E-state index in [1.54, 1.807) is 36.4 Å². The maximum Gasteiger partial charge on any atom is 0.193 e. The Labute approximate surface area is 132 Å². The average molecular weight is 312 g/mol. The van der Waals surface area contributed by atoms with Crippen molar-refractivity contribution in [2.24, 2.45) is 0 Å². The van der Waals surface area contributed by atoms with Crippen LogP contribution in [0, 0.1) is 0 Å². The molecule has 2 aromatic carbocycles. The molecule has 0 atom stereocenters. The lowest BCUT2D eigenvalue weighted by Crippen LogP contribution is -2.04. The van der Waals surface area contributed by atoms with Gasteiger partial charge in [-0.2, -0.15) is 0 Å². The number of fused-ring (bicyclic) bond motifs is 1. The Morgan fingerprint density at radius 3 is 2.13 bits per heavy atom. The largest absolute Gasteiger partial charge is 0.455 e. The van der Waals surface area contributed by atoms with E-state index in [9.17, 15) is 15.0 Å². The van der Waals surface area contributed by atoms with Crippen LogP contribution in [0.15, 0.2) is 51.7 Å². The Kier molecular flexibility index (Phi) is 4.25. The van der Waals surface area contributed by atoms with E-state index >= 15 is 0 Å². The molecule has 3 rings (SSSR count). The fourth-order valence-corrected chi connectivity index (χ4v) is 2.52. The van der Waals surface area contributed by atoms with Crippen LogP contribution in [0.2, 0.25) is 0 Å². The van der Waals surface area contributed by atoms with Gasteiger partial charge in [0, 0.05) is 17.2 Å². The Balaban J connectivity index is 2.21. The SMILES string of the molecule is O=c1cc(-c2ccc(CO)cc2)oc2c(CO)cc(CO)cc12. The lowest BCUT2D eigenvalue weighted by atomic mass is 10.0. The first kappa shape index (κ1) is 15.4. The summed E-state index contributed by atoms with van der Waals surface area (Å²) in [4.78, 5) is 12.4. The van der Waals surface area contributed by atoms with Gasteiger partial charge in [-0.05, 0) is 23.3 Å². The van der Waals surface area contributed by atoms with E-state index in [1.165, 1.54) is 6.07 Å². The molecule has 0 spiro atoms. The monoisotopic (exact) mass is 312 g/mol.